The first-order valence-electron chi connectivity index (χ1n) is 43.8. The van der Waals surface area contributed by atoms with Gasteiger partial charge in [0.2, 0.25) is 11.7 Å². The van der Waals surface area contributed by atoms with E-state index in [4.69, 9.17) is 15.6 Å². The van der Waals surface area contributed by atoms with Gasteiger partial charge in [-0.1, -0.05) is 121 Å². The monoisotopic (exact) mass is 1750 g/mol. The van der Waals surface area contributed by atoms with Gasteiger partial charge < -0.3 is 46.6 Å². The first-order valence-corrected chi connectivity index (χ1v) is 45.7. The molecule has 17 rings (SSSR count). The molecular formula is C96H120FN19O10S. The van der Waals surface area contributed by atoms with Crippen LogP contribution in [0.1, 0.15) is 152 Å². The number of carbonyl (C=O) groups is 6. The Hall–Kier alpha value is -11.5. The zero-order valence-corrected chi connectivity index (χ0v) is 75.3. The molecule has 2 aromatic heterocycles. The average Bonchev–Trinajstić information content (AvgIpc) is 1.67. The van der Waals surface area contributed by atoms with Crippen LogP contribution in [0.25, 0.3) is 0 Å². The summed E-state index contributed by atoms with van der Waals surface area (Å²) in [6.07, 6.45) is 20.1. The van der Waals surface area contributed by atoms with Crippen LogP contribution in [0.15, 0.2) is 193 Å². The lowest BCUT2D eigenvalue weighted by molar-refractivity contribution is 0.0657. The second-order valence-corrected chi connectivity index (χ2v) is 38.7. The molecule has 4 aliphatic carbocycles. The number of carbonyl (C=O) groups excluding carboxylic acids is 6. The minimum absolute atomic E-state index is 0.00616. The van der Waals surface area contributed by atoms with Crippen molar-refractivity contribution < 1.29 is 51.4 Å². The molecule has 5 saturated heterocycles. The molecule has 8 aromatic rings. The Kier molecular flexibility index (Phi) is 27.0. The number of hydrogen-bond acceptors (Lipinski definition) is 19. The highest BCUT2D eigenvalue weighted by atomic mass is 32.2. The van der Waals surface area contributed by atoms with E-state index in [9.17, 15) is 46.8 Å². The smallest absolute Gasteiger partial charge is 0.322 e. The number of hydrogen-bond donors (Lipinski definition) is 6. The second kappa shape index (κ2) is 37.4. The number of halogens is 1. The summed E-state index contributed by atoms with van der Waals surface area (Å²) in [7, 11) is 15.1. The quantitative estimate of drug-likeness (QED) is 0.0465. The number of aliphatic hydroxyl groups excluding tert-OH is 1. The number of primary amides is 1. The highest BCUT2D eigenvalue weighted by Crippen LogP contribution is 2.52. The van der Waals surface area contributed by atoms with Crippen molar-refractivity contribution in [1.82, 2.24) is 60.7 Å². The molecule has 10 amide bonds. The number of aromatic nitrogens is 3. The number of aliphatic hydroxyl groups is 1. The molecule has 4 spiro atoms. The lowest BCUT2D eigenvalue weighted by Gasteiger charge is -2.48. The number of urea groups is 4. The maximum Gasteiger partial charge on any atom is 0.322 e. The molecule has 0 bridgehead atoms. The number of pyridine rings is 1. The van der Waals surface area contributed by atoms with Gasteiger partial charge in [-0.3, -0.25) is 48.8 Å². The molecule has 4 saturated carbocycles. The zero-order valence-electron chi connectivity index (χ0n) is 74.5. The van der Waals surface area contributed by atoms with Crippen molar-refractivity contribution in [3.05, 3.63) is 233 Å². The van der Waals surface area contributed by atoms with E-state index in [-0.39, 0.29) is 98.4 Å². The van der Waals surface area contributed by atoms with E-state index >= 15 is 0 Å². The lowest BCUT2D eigenvalue weighted by atomic mass is 9.69. The van der Waals surface area contributed by atoms with E-state index in [1.54, 1.807) is 58.3 Å². The van der Waals surface area contributed by atoms with Crippen molar-refractivity contribution in [2.24, 2.45) is 5.73 Å². The number of likely N-dealkylation sites (N-methyl/N-ethyl adjacent to an activating group) is 1. The molecule has 0 unspecified atom stereocenters. The first kappa shape index (κ1) is 91.7. The SMILES string of the molecule is CN(C)C1(c2ccccc2)CCC2(CC1)CN(c1ccc(C(N)=O)cc1)C(=O)N2.CN(C)C1(c2ccccc2)CCC2(CC1)CN(c1ccc(S(C)(=O)=O)cc1F)C(=O)N2.CN(C)C1(c2ccccc2)CCC2(CC1)CN(c1cnc(N3CCOCC3)cc1C#N)C(=O)N2.CN(CCO)C(=O)c1ncc(N2CC3(CCC(c4ccccc4)(N(C)C)CC3)NC2=O)cn1. The molecule has 0 radical (unpaired) electrons. The summed E-state index contributed by atoms with van der Waals surface area (Å²) in [6, 6.07) is 56.3. The molecule has 0 atom stereocenters. The van der Waals surface area contributed by atoms with E-state index < -0.39 is 27.1 Å². The van der Waals surface area contributed by atoms with E-state index in [1.165, 1.54) is 56.6 Å². The fraction of sp³-hybridized carbons (Fsp3) is 0.458. The van der Waals surface area contributed by atoms with Crippen LogP contribution in [0.4, 0.5) is 52.1 Å². The van der Waals surface area contributed by atoms with Gasteiger partial charge in [0.05, 0.1) is 114 Å². The molecule has 7 heterocycles. The third-order valence-electron chi connectivity index (χ3n) is 28.8. The molecular weight excluding hydrogens is 1630 g/mol. The fourth-order valence-corrected chi connectivity index (χ4v) is 21.4. The van der Waals surface area contributed by atoms with Gasteiger partial charge in [0, 0.05) is 72.4 Å². The van der Waals surface area contributed by atoms with Gasteiger partial charge in [0.25, 0.3) is 5.91 Å². The number of nitrogens with zero attached hydrogens (tertiary/aromatic N) is 14. The van der Waals surface area contributed by atoms with Gasteiger partial charge in [-0.2, -0.15) is 5.26 Å². The topological polar surface area (TPSA) is 335 Å². The number of benzene rings is 6. The first-order chi connectivity index (χ1) is 60.7. The number of nitrogens with two attached hydrogens (primary N) is 1. The lowest BCUT2D eigenvalue weighted by Crippen LogP contribution is -2.54. The predicted molar refractivity (Wildman–Crippen MR) is 488 cm³/mol. The van der Waals surface area contributed by atoms with Crippen LogP contribution in [0.5, 0.6) is 0 Å². The van der Waals surface area contributed by atoms with Crippen LogP contribution < -0.4 is 51.5 Å². The highest BCUT2D eigenvalue weighted by molar-refractivity contribution is 7.90. The summed E-state index contributed by atoms with van der Waals surface area (Å²) >= 11 is 0. The number of ether oxygens (including phenoxy) is 1. The fourth-order valence-electron chi connectivity index (χ4n) is 20.8. The third kappa shape index (κ3) is 18.8. The van der Waals surface area contributed by atoms with Crippen LogP contribution in [-0.4, -0.2) is 246 Å². The minimum atomic E-state index is -3.52. The number of amides is 10. The van der Waals surface area contributed by atoms with Gasteiger partial charge >= 0.3 is 24.1 Å². The number of nitriles is 1. The van der Waals surface area contributed by atoms with Gasteiger partial charge in [0.1, 0.15) is 17.7 Å². The van der Waals surface area contributed by atoms with Crippen molar-refractivity contribution in [1.29, 1.82) is 5.26 Å². The minimum Gasteiger partial charge on any atom is -0.395 e. The largest absolute Gasteiger partial charge is 0.395 e. The second-order valence-electron chi connectivity index (χ2n) is 36.6. The van der Waals surface area contributed by atoms with E-state index in [1.807, 2.05) is 24.3 Å². The summed E-state index contributed by atoms with van der Waals surface area (Å²) in [5, 5.41) is 31.7. The van der Waals surface area contributed by atoms with E-state index in [2.05, 4.69) is 220 Å². The molecule has 127 heavy (non-hydrogen) atoms. The molecule has 9 fully saturated rings. The Balaban J connectivity index is 0.000000137. The van der Waals surface area contributed by atoms with Gasteiger partial charge in [-0.25, -0.2) is 46.9 Å². The third-order valence-corrected chi connectivity index (χ3v) is 29.9. The molecule has 6 aromatic carbocycles. The van der Waals surface area contributed by atoms with Crippen molar-refractivity contribution in [3.8, 4) is 6.07 Å². The Bertz CT molecular complexity index is 5400. The van der Waals surface area contributed by atoms with Crippen molar-refractivity contribution in [2.75, 3.05) is 160 Å². The maximum absolute atomic E-state index is 14.7. The number of sulfone groups is 1. The molecule has 31 heteroatoms. The molecule has 7 N–H and O–H groups in total. The van der Waals surface area contributed by atoms with Crippen LogP contribution in [0, 0.1) is 17.1 Å². The van der Waals surface area contributed by atoms with Crippen LogP contribution in [0.3, 0.4) is 0 Å². The number of anilines is 5. The number of morpholine rings is 1. The van der Waals surface area contributed by atoms with E-state index in [0.717, 1.165) is 140 Å². The average molecular weight is 1750 g/mol. The van der Waals surface area contributed by atoms with Crippen LogP contribution >= 0.6 is 0 Å². The predicted octanol–water partition coefficient (Wildman–Crippen LogP) is 11.5. The molecule has 5 aliphatic heterocycles. The normalized spacial score (nSPS) is 26.3. The molecule has 9 aliphatic rings. The van der Waals surface area contributed by atoms with Crippen molar-refractivity contribution in [3.63, 3.8) is 0 Å². The summed E-state index contributed by atoms with van der Waals surface area (Å²) < 4.78 is 43.5. The molecule has 29 nitrogen and oxygen atoms in total. The Morgan fingerprint density at radius 1 is 0.480 bits per heavy atom. The van der Waals surface area contributed by atoms with Crippen LogP contribution in [0.2, 0.25) is 0 Å². The zero-order chi connectivity index (χ0) is 90.5. The Morgan fingerprint density at radius 2 is 0.835 bits per heavy atom. The summed E-state index contributed by atoms with van der Waals surface area (Å²) in [6.45, 7) is 4.98. The van der Waals surface area contributed by atoms with Crippen molar-refractivity contribution in [2.45, 2.75) is 152 Å². The van der Waals surface area contributed by atoms with Crippen LogP contribution in [-0.2, 0) is 36.7 Å². The Morgan fingerprint density at radius 3 is 1.17 bits per heavy atom. The molecule has 672 valence electrons. The highest BCUT2D eigenvalue weighted by Gasteiger charge is 2.56. The maximum atomic E-state index is 14.7. The summed E-state index contributed by atoms with van der Waals surface area (Å²) in [5.74, 6) is -0.745. The number of nitrogens with one attached hydrogen (secondary N) is 4. The summed E-state index contributed by atoms with van der Waals surface area (Å²) in [5.41, 5.74) is 12.1. The summed E-state index contributed by atoms with van der Waals surface area (Å²) in [4.78, 5) is 107. The van der Waals surface area contributed by atoms with E-state index in [0.29, 0.717) is 61.9 Å². The Labute approximate surface area is 744 Å². The van der Waals surface area contributed by atoms with Gasteiger partial charge in [0.15, 0.2) is 9.84 Å². The number of rotatable bonds is 18. The van der Waals surface area contributed by atoms with Gasteiger partial charge in [-0.15, -0.1) is 0 Å². The van der Waals surface area contributed by atoms with Crippen molar-refractivity contribution >= 4 is 74.3 Å². The standard InChI is InChI=1S/C26H32N6O2.C24H32N6O3.C23H28FN3O3S.C23H28N4O2/c1-30(2)26(21-6-4-3-5-7-21)10-8-25(9-11-26)19-32(24(33)29-25)22-18-28-23(16-20(22)17-27)31-12-14-34-15-13-31;1-28(2)24(18-7-5-4-6-8-18)11-9-23(10-12-24)17-30(22(33)27-23)19-15-25-20(26-16-19)21(32)29(3)13-14-31;1-26(2)23(17-7-5-4-6-8-17)13-11-22(12-14-23)16-27(21(28)25-22)20-10-9-18(15-19(20)24)31(3,29)30;1-26(2)23(18-6-4-3-5-7-18)14-12-22(13-15-23)16-27(21(29)25-22)19-10-8-17(9-11-19)20(24)28/h3-7,16,18H,8-15,19H2,1-2H3,(H,29,33);4-8,15-16,31H,9-14,17H2,1-3H3,(H,27,33);4-10,15H,11-14,16H2,1-3H3,(H,25,28);3-11H,12-16H2,1-2H3,(H2,24,28)(H,25,29). The van der Waals surface area contributed by atoms with Gasteiger partial charge in [-0.05, 0) is 224 Å².